The lowest BCUT2D eigenvalue weighted by atomic mass is 9.87. The molecule has 1 fully saturated rings. The zero-order valence-corrected chi connectivity index (χ0v) is 38.4. The van der Waals surface area contributed by atoms with Crippen molar-refractivity contribution in [3.05, 3.63) is 37.0 Å². The number of hydrogen-bond donors (Lipinski definition) is 5. The summed E-state index contributed by atoms with van der Waals surface area (Å²) in [4.78, 5) is 96.6. The first kappa shape index (κ1) is 54.4. The average Bonchev–Trinajstić information content (AvgIpc) is 3.76. The van der Waals surface area contributed by atoms with Crippen molar-refractivity contribution in [2.75, 3.05) is 37.8 Å². The van der Waals surface area contributed by atoms with Crippen molar-refractivity contribution in [3.63, 3.8) is 0 Å². The lowest BCUT2D eigenvalue weighted by Gasteiger charge is -2.36. The number of aliphatic hydroxyl groups is 2. The van der Waals surface area contributed by atoms with Crippen LogP contribution in [-0.4, -0.2) is 103 Å². The summed E-state index contributed by atoms with van der Waals surface area (Å²) >= 11 is 1.13. The Hall–Kier alpha value is -2.96. The third-order valence-corrected chi connectivity index (χ3v) is 13.1. The van der Waals surface area contributed by atoms with Crippen molar-refractivity contribution in [2.45, 2.75) is 109 Å². The number of unbranched alkanes of at least 4 members (excludes halogenated alkanes) is 5. The van der Waals surface area contributed by atoms with Crippen LogP contribution in [0.25, 0.3) is 11.2 Å². The van der Waals surface area contributed by atoms with Gasteiger partial charge in [-0.2, -0.15) is 0 Å². The Labute approximate surface area is 368 Å². The molecule has 356 valence electrons. The molecular formula is C35H54N7O17P3S-4. The third-order valence-electron chi connectivity index (χ3n) is 9.17. The van der Waals surface area contributed by atoms with Gasteiger partial charge in [-0.25, -0.2) is 19.3 Å². The normalized spacial score (nSPS) is 20.8. The largest absolute Gasteiger partial charge is 0.790 e. The van der Waals surface area contributed by atoms with Crippen LogP contribution in [0.5, 0.6) is 0 Å². The van der Waals surface area contributed by atoms with E-state index in [1.807, 2.05) is 13.0 Å². The van der Waals surface area contributed by atoms with Gasteiger partial charge < -0.3 is 69.0 Å². The molecule has 0 spiro atoms. The van der Waals surface area contributed by atoms with E-state index in [0.29, 0.717) is 12.2 Å². The minimum absolute atomic E-state index is 0.0201. The number of phosphoric ester groups is 3. The van der Waals surface area contributed by atoms with Crippen LogP contribution < -0.4 is 35.9 Å². The molecule has 2 aromatic heterocycles. The zero-order valence-electron chi connectivity index (χ0n) is 34.9. The highest BCUT2D eigenvalue weighted by atomic mass is 32.2. The molecule has 7 atom stereocenters. The van der Waals surface area contributed by atoms with Gasteiger partial charge in [0.15, 0.2) is 22.8 Å². The number of nitrogens with one attached hydrogen (secondary N) is 2. The van der Waals surface area contributed by atoms with Gasteiger partial charge in [-0.15, -0.1) is 0 Å². The summed E-state index contributed by atoms with van der Waals surface area (Å²) in [6, 6.07) is 0. The molecule has 2 amide bonds. The Morgan fingerprint density at radius 1 is 0.984 bits per heavy atom. The fourth-order valence-electron chi connectivity index (χ4n) is 5.83. The Morgan fingerprint density at radius 3 is 2.40 bits per heavy atom. The van der Waals surface area contributed by atoms with E-state index in [-0.39, 0.29) is 41.6 Å². The molecule has 63 heavy (non-hydrogen) atoms. The number of hydrogen-bond acceptors (Lipinski definition) is 22. The molecule has 6 N–H and O–H groups in total. The number of nitrogens with two attached hydrogens (primary N) is 1. The number of carbonyl (C=O) groups excluding carboxylic acids is 3. The number of amides is 2. The van der Waals surface area contributed by atoms with E-state index in [4.69, 9.17) is 10.5 Å². The van der Waals surface area contributed by atoms with Crippen molar-refractivity contribution in [1.82, 2.24) is 30.2 Å². The number of carbonyl (C=O) groups is 3. The van der Waals surface area contributed by atoms with Crippen molar-refractivity contribution >= 4 is 69.1 Å². The van der Waals surface area contributed by atoms with E-state index in [1.165, 1.54) is 13.8 Å². The van der Waals surface area contributed by atoms with E-state index in [0.717, 1.165) is 73.9 Å². The standard InChI is InChI=1S/C35H58N7O17P3S/c1-4-5-6-7-8-9-10-11-12-13-14-15-26(44)63-19-18-37-25(43)16-17-38-33(47)30(46)35(2,3)21-56-62(53,54)59-61(51,52)55-20-24-29(58-60(48,49)50)28(45)34(57-24)42-23-41-27-31(36)39-22-40-32(27)42/h4-5,7-8,22-24,28-30,34,45-46H,6,9-21H2,1-3H3,(H,37,43)(H,38,47)(H,51,52)(H,53,54)(H2,36,39,40)(H2,48,49,50)/p-4/b5-4-,8-7-/t24-,28-,29-,30+,34-/m1/s1. The quantitative estimate of drug-likeness (QED) is 0.0418. The van der Waals surface area contributed by atoms with Gasteiger partial charge >= 0.3 is 0 Å². The van der Waals surface area contributed by atoms with Gasteiger partial charge in [-0.3, -0.25) is 28.1 Å². The van der Waals surface area contributed by atoms with Gasteiger partial charge in [0.25, 0.3) is 15.6 Å². The highest BCUT2D eigenvalue weighted by Crippen LogP contribution is 2.56. The second kappa shape index (κ2) is 25.7. The number of ether oxygens (including phenoxy) is 1. The Kier molecular flexibility index (Phi) is 22.1. The van der Waals surface area contributed by atoms with Crippen LogP contribution in [0.1, 0.15) is 84.8 Å². The number of nitrogens with zero attached hydrogens (tertiary/aromatic N) is 4. The molecule has 0 aliphatic carbocycles. The predicted molar refractivity (Wildman–Crippen MR) is 219 cm³/mol. The van der Waals surface area contributed by atoms with Crippen molar-refractivity contribution in [3.8, 4) is 0 Å². The van der Waals surface area contributed by atoms with Gasteiger partial charge in [0.2, 0.25) is 11.8 Å². The van der Waals surface area contributed by atoms with Crippen LogP contribution >= 0.6 is 35.2 Å². The number of imidazole rings is 1. The predicted octanol–water partition coefficient (Wildman–Crippen LogP) is 0.390. The maximum Gasteiger partial charge on any atom is 0.274 e. The molecule has 1 aliphatic rings. The summed E-state index contributed by atoms with van der Waals surface area (Å²) in [6.07, 6.45) is 8.41. The molecule has 3 heterocycles. The van der Waals surface area contributed by atoms with E-state index >= 15 is 0 Å². The first-order valence-corrected chi connectivity index (χ1v) is 25.2. The first-order valence-electron chi connectivity index (χ1n) is 19.8. The number of rotatable bonds is 29. The van der Waals surface area contributed by atoms with Crippen LogP contribution in [0.4, 0.5) is 5.82 Å². The lowest BCUT2D eigenvalue weighted by molar-refractivity contribution is -0.347. The second-order valence-corrected chi connectivity index (χ2v) is 20.0. The van der Waals surface area contributed by atoms with Gasteiger partial charge in [-0.1, -0.05) is 69.2 Å². The SMILES string of the molecule is C/C=C\C/C=C\CCCCCCCC(=O)SCCNC(=O)CCNC(=O)[C@H](O)C(C)(C)COP(=O)([O-])OP(=O)([O-])OC[C@H]1O[C@@H](n2cnc3c(N)ncnc32)[C@H](O)[C@@H]1OP(=O)([O-])[O-]. The maximum atomic E-state index is 12.6. The number of allylic oxidation sites excluding steroid dienone is 4. The summed E-state index contributed by atoms with van der Waals surface area (Å²) < 4.78 is 60.7. The van der Waals surface area contributed by atoms with Gasteiger partial charge in [-0.05, 0) is 32.6 Å². The van der Waals surface area contributed by atoms with Gasteiger partial charge in [0.05, 0.1) is 27.4 Å². The zero-order chi connectivity index (χ0) is 46.8. The van der Waals surface area contributed by atoms with Crippen LogP contribution in [-0.2, 0) is 50.7 Å². The Morgan fingerprint density at radius 2 is 1.68 bits per heavy atom. The molecule has 3 rings (SSSR count). The molecular weight excluding hydrogens is 915 g/mol. The Balaban J connectivity index is 1.36. The number of phosphoric acid groups is 3. The van der Waals surface area contributed by atoms with Crippen molar-refractivity contribution in [2.24, 2.45) is 5.41 Å². The van der Waals surface area contributed by atoms with Crippen LogP contribution in [0.15, 0.2) is 37.0 Å². The topological polar surface area (TPSA) is 375 Å². The summed E-state index contributed by atoms with van der Waals surface area (Å²) in [5.74, 6) is -1.16. The number of fused-ring (bicyclic) bond motifs is 1. The number of aliphatic hydroxyl groups excluding tert-OH is 2. The minimum atomic E-state index is -5.92. The summed E-state index contributed by atoms with van der Waals surface area (Å²) in [7, 11) is -17.6. The second-order valence-electron chi connectivity index (χ2n) is 14.8. The van der Waals surface area contributed by atoms with Gasteiger partial charge in [0.1, 0.15) is 36.3 Å². The maximum absolute atomic E-state index is 12.6. The van der Waals surface area contributed by atoms with Crippen LogP contribution in [0.3, 0.4) is 0 Å². The summed E-state index contributed by atoms with van der Waals surface area (Å²) in [5, 5.41) is 26.4. The van der Waals surface area contributed by atoms with E-state index < -0.39 is 84.6 Å². The lowest BCUT2D eigenvalue weighted by Crippen LogP contribution is -2.46. The molecule has 1 saturated heterocycles. The van der Waals surface area contributed by atoms with Crippen LogP contribution in [0, 0.1) is 5.41 Å². The molecule has 2 unspecified atom stereocenters. The molecule has 0 saturated carbocycles. The fraction of sp³-hybridized carbons (Fsp3) is 0.657. The molecule has 0 radical (unpaired) electrons. The highest BCUT2D eigenvalue weighted by Gasteiger charge is 2.47. The van der Waals surface area contributed by atoms with E-state index in [2.05, 4.69) is 61.7 Å². The van der Waals surface area contributed by atoms with Gasteiger partial charge in [0, 0.05) is 37.1 Å². The smallest absolute Gasteiger partial charge is 0.274 e. The summed E-state index contributed by atoms with van der Waals surface area (Å²) in [6.45, 7) is 2.14. The molecule has 28 heteroatoms. The highest BCUT2D eigenvalue weighted by molar-refractivity contribution is 8.13. The number of aromatic nitrogens is 4. The fourth-order valence-corrected chi connectivity index (χ4v) is 9.29. The Bertz CT molecular complexity index is 2020. The van der Waals surface area contributed by atoms with E-state index in [1.54, 1.807) is 0 Å². The van der Waals surface area contributed by atoms with Crippen molar-refractivity contribution < 1.29 is 80.5 Å². The van der Waals surface area contributed by atoms with Crippen LogP contribution in [0.2, 0.25) is 0 Å². The number of anilines is 1. The minimum Gasteiger partial charge on any atom is -0.790 e. The first-order chi connectivity index (χ1) is 29.6. The molecule has 2 aromatic rings. The molecule has 0 bridgehead atoms. The van der Waals surface area contributed by atoms with E-state index in [9.17, 15) is 57.9 Å². The molecule has 24 nitrogen and oxygen atoms in total. The number of thioether (sulfide) groups is 1. The number of nitrogen functional groups attached to an aromatic ring is 1. The molecule has 0 aromatic carbocycles. The third kappa shape index (κ3) is 19.2. The van der Waals surface area contributed by atoms with Crippen molar-refractivity contribution in [1.29, 1.82) is 0 Å². The average molecular weight is 970 g/mol. The monoisotopic (exact) mass is 969 g/mol. The molecule has 1 aliphatic heterocycles. The summed E-state index contributed by atoms with van der Waals surface area (Å²) in [5.41, 5.74) is 4.08.